The van der Waals surface area contributed by atoms with Crippen LogP contribution in [0, 0.1) is 6.92 Å². The van der Waals surface area contributed by atoms with Crippen LogP contribution in [0.25, 0.3) is 0 Å². The van der Waals surface area contributed by atoms with Crippen molar-refractivity contribution < 1.29 is 4.42 Å². The van der Waals surface area contributed by atoms with Crippen LogP contribution in [0.5, 0.6) is 0 Å². The molecule has 13 heavy (non-hydrogen) atoms. The summed E-state index contributed by atoms with van der Waals surface area (Å²) in [6.45, 7) is 4.99. The van der Waals surface area contributed by atoms with Crippen molar-refractivity contribution in [2.45, 2.75) is 13.0 Å². The molecule has 1 fully saturated rings. The van der Waals surface area contributed by atoms with Gasteiger partial charge in [-0.25, -0.2) is 4.98 Å². The van der Waals surface area contributed by atoms with Gasteiger partial charge in [0.15, 0.2) is 0 Å². The second kappa shape index (κ2) is 3.47. The first-order valence-electron chi connectivity index (χ1n) is 4.60. The van der Waals surface area contributed by atoms with E-state index >= 15 is 0 Å². The number of aryl methyl sites for hydroxylation is 1. The van der Waals surface area contributed by atoms with Crippen molar-refractivity contribution >= 4 is 0 Å². The second-order valence-electron chi connectivity index (χ2n) is 3.58. The fourth-order valence-electron chi connectivity index (χ4n) is 1.60. The quantitative estimate of drug-likeness (QED) is 0.687. The Kier molecular flexibility index (Phi) is 2.33. The molecule has 1 N–H and O–H groups in total. The summed E-state index contributed by atoms with van der Waals surface area (Å²) in [6.07, 6.45) is 1.77. The molecular weight excluding hydrogens is 166 g/mol. The van der Waals surface area contributed by atoms with Crippen molar-refractivity contribution in [3.8, 4) is 0 Å². The molecule has 0 spiro atoms. The summed E-state index contributed by atoms with van der Waals surface area (Å²) in [5.41, 5.74) is 0. The highest BCUT2D eigenvalue weighted by Gasteiger charge is 2.21. The molecule has 72 valence electrons. The lowest BCUT2D eigenvalue weighted by atomic mass is 10.2. The number of hydrogen-bond donors (Lipinski definition) is 1. The van der Waals surface area contributed by atoms with Gasteiger partial charge in [0.2, 0.25) is 5.89 Å². The summed E-state index contributed by atoms with van der Waals surface area (Å²) in [5, 5.41) is 3.38. The fraction of sp³-hybridized carbons (Fsp3) is 0.667. The highest BCUT2D eigenvalue weighted by molar-refractivity contribution is 4.98. The Bertz CT molecular complexity index is 284. The minimum Gasteiger partial charge on any atom is -0.444 e. The molecule has 1 aromatic rings. The predicted molar refractivity (Wildman–Crippen MR) is 49.5 cm³/mol. The molecule has 1 aromatic heterocycles. The number of nitrogens with zero attached hydrogens (tertiary/aromatic N) is 2. The number of nitrogens with one attached hydrogen (secondary N) is 1. The third kappa shape index (κ3) is 1.89. The molecule has 0 aliphatic carbocycles. The van der Waals surface area contributed by atoms with Crippen molar-refractivity contribution in [2.75, 3.05) is 26.7 Å². The maximum Gasteiger partial charge on any atom is 0.212 e. The molecule has 0 bridgehead atoms. The average molecular weight is 181 g/mol. The largest absolute Gasteiger partial charge is 0.444 e. The van der Waals surface area contributed by atoms with Gasteiger partial charge in [0.05, 0.1) is 12.2 Å². The zero-order chi connectivity index (χ0) is 9.26. The molecule has 0 aromatic carbocycles. The third-order valence-electron chi connectivity index (χ3n) is 2.32. The maximum atomic E-state index is 5.47. The Morgan fingerprint density at radius 3 is 3.15 bits per heavy atom. The van der Waals surface area contributed by atoms with Gasteiger partial charge < -0.3 is 14.6 Å². The van der Waals surface area contributed by atoms with Crippen LogP contribution in [0.2, 0.25) is 0 Å². The molecule has 2 heterocycles. The summed E-state index contributed by atoms with van der Waals surface area (Å²) in [5.74, 6) is 1.69. The maximum absolute atomic E-state index is 5.47. The fourth-order valence-corrected chi connectivity index (χ4v) is 1.60. The Hall–Kier alpha value is -0.870. The molecule has 1 unspecified atom stereocenters. The van der Waals surface area contributed by atoms with E-state index in [1.165, 1.54) is 0 Å². The van der Waals surface area contributed by atoms with Gasteiger partial charge >= 0.3 is 0 Å². The van der Waals surface area contributed by atoms with E-state index in [1.54, 1.807) is 6.20 Å². The Morgan fingerprint density at radius 2 is 2.54 bits per heavy atom. The van der Waals surface area contributed by atoms with Crippen LogP contribution in [-0.4, -0.2) is 36.6 Å². The van der Waals surface area contributed by atoms with Crippen LogP contribution in [0.15, 0.2) is 10.6 Å². The van der Waals surface area contributed by atoms with Crippen molar-refractivity contribution in [3.05, 3.63) is 17.8 Å². The van der Waals surface area contributed by atoms with Crippen molar-refractivity contribution in [2.24, 2.45) is 0 Å². The van der Waals surface area contributed by atoms with E-state index in [2.05, 4.69) is 22.2 Å². The van der Waals surface area contributed by atoms with E-state index in [1.807, 2.05) is 6.92 Å². The first kappa shape index (κ1) is 8.72. The van der Waals surface area contributed by atoms with Crippen LogP contribution in [0.3, 0.4) is 0 Å². The molecule has 1 saturated heterocycles. The van der Waals surface area contributed by atoms with Crippen LogP contribution >= 0.6 is 0 Å². The zero-order valence-corrected chi connectivity index (χ0v) is 8.08. The molecule has 0 amide bonds. The van der Waals surface area contributed by atoms with Gasteiger partial charge in [0, 0.05) is 19.6 Å². The average Bonchev–Trinajstić information content (AvgIpc) is 2.52. The topological polar surface area (TPSA) is 41.3 Å². The highest BCUT2D eigenvalue weighted by atomic mass is 16.4. The van der Waals surface area contributed by atoms with Crippen molar-refractivity contribution in [1.82, 2.24) is 15.2 Å². The van der Waals surface area contributed by atoms with E-state index < -0.39 is 0 Å². The van der Waals surface area contributed by atoms with Crippen LogP contribution in [0.4, 0.5) is 0 Å². The predicted octanol–water partition coefficient (Wildman–Crippen LogP) is 0.559. The lowest BCUT2D eigenvalue weighted by Gasteiger charge is -2.28. The van der Waals surface area contributed by atoms with Gasteiger partial charge in [-0.05, 0) is 14.0 Å². The third-order valence-corrected chi connectivity index (χ3v) is 2.32. The van der Waals surface area contributed by atoms with E-state index in [0.29, 0.717) is 0 Å². The Morgan fingerprint density at radius 1 is 1.69 bits per heavy atom. The minimum atomic E-state index is 0.257. The van der Waals surface area contributed by atoms with Gasteiger partial charge in [-0.3, -0.25) is 0 Å². The molecule has 4 heteroatoms. The molecule has 1 atom stereocenters. The molecule has 0 saturated carbocycles. The monoisotopic (exact) mass is 181 g/mol. The highest BCUT2D eigenvalue weighted by Crippen LogP contribution is 2.15. The molecule has 4 nitrogen and oxygen atoms in total. The van der Waals surface area contributed by atoms with E-state index in [9.17, 15) is 0 Å². The Balaban J connectivity index is 2.08. The van der Waals surface area contributed by atoms with Gasteiger partial charge in [-0.1, -0.05) is 0 Å². The summed E-state index contributed by atoms with van der Waals surface area (Å²) in [7, 11) is 2.11. The van der Waals surface area contributed by atoms with Gasteiger partial charge in [-0.2, -0.15) is 0 Å². The van der Waals surface area contributed by atoms with Crippen LogP contribution in [-0.2, 0) is 0 Å². The summed E-state index contributed by atoms with van der Waals surface area (Å²) in [4.78, 5) is 6.50. The number of hydrogen-bond acceptors (Lipinski definition) is 4. The normalized spacial score (nSPS) is 24.9. The molecular formula is C9H15N3O. The van der Waals surface area contributed by atoms with Crippen molar-refractivity contribution in [3.63, 3.8) is 0 Å². The summed E-state index contributed by atoms with van der Waals surface area (Å²) >= 11 is 0. The Labute approximate surface area is 77.9 Å². The summed E-state index contributed by atoms with van der Waals surface area (Å²) in [6, 6.07) is 0.257. The van der Waals surface area contributed by atoms with E-state index in [0.717, 1.165) is 31.3 Å². The smallest absolute Gasteiger partial charge is 0.212 e. The first-order chi connectivity index (χ1) is 6.25. The van der Waals surface area contributed by atoms with Crippen molar-refractivity contribution in [1.29, 1.82) is 0 Å². The van der Waals surface area contributed by atoms with Gasteiger partial charge in [-0.15, -0.1) is 0 Å². The first-order valence-corrected chi connectivity index (χ1v) is 4.60. The lowest BCUT2D eigenvalue weighted by Crippen LogP contribution is -2.43. The zero-order valence-electron chi connectivity index (χ0n) is 8.08. The molecule has 1 aliphatic heterocycles. The number of aromatic nitrogens is 1. The SMILES string of the molecule is Cc1cnc(C2CN(C)CCN2)o1. The lowest BCUT2D eigenvalue weighted by molar-refractivity contribution is 0.217. The van der Waals surface area contributed by atoms with Crippen LogP contribution in [0.1, 0.15) is 17.7 Å². The van der Waals surface area contributed by atoms with E-state index in [4.69, 9.17) is 4.42 Å². The number of oxazole rings is 1. The standard InChI is InChI=1S/C9H15N3O/c1-7-5-11-9(13-7)8-6-12(2)4-3-10-8/h5,8,10H,3-4,6H2,1-2H3. The minimum absolute atomic E-state index is 0.257. The number of piperazine rings is 1. The number of likely N-dealkylation sites (N-methyl/N-ethyl adjacent to an activating group) is 1. The van der Waals surface area contributed by atoms with E-state index in [-0.39, 0.29) is 6.04 Å². The van der Waals surface area contributed by atoms with Crippen LogP contribution < -0.4 is 5.32 Å². The summed E-state index contributed by atoms with van der Waals surface area (Å²) < 4.78 is 5.47. The number of rotatable bonds is 1. The van der Waals surface area contributed by atoms with Gasteiger partial charge in [0.25, 0.3) is 0 Å². The molecule has 1 aliphatic rings. The molecule has 2 rings (SSSR count). The van der Waals surface area contributed by atoms with Gasteiger partial charge in [0.1, 0.15) is 5.76 Å². The molecule has 0 radical (unpaired) electrons. The second-order valence-corrected chi connectivity index (χ2v) is 3.58.